The van der Waals surface area contributed by atoms with E-state index in [1.54, 1.807) is 0 Å². The lowest BCUT2D eigenvalue weighted by molar-refractivity contribution is 0.292. The molecule has 0 rings (SSSR count). The predicted octanol–water partition coefficient (Wildman–Crippen LogP) is 3.40. The topological polar surface area (TPSA) is 42.9 Å². The summed E-state index contributed by atoms with van der Waals surface area (Å²) in [7, 11) is 1.86. The van der Waals surface area contributed by atoms with Crippen molar-refractivity contribution in [2.75, 3.05) is 52.9 Å². The molecule has 0 aliphatic heterocycles. The number of unbranched alkanes of at least 4 members (excludes halogenated alkanes) is 1. The average Bonchev–Trinajstić information content (AvgIpc) is 2.60. The molecule has 1 atom stereocenters. The molecule has 0 amide bonds. The Kier molecular flexibility index (Phi) is 20.3. The summed E-state index contributed by atoms with van der Waals surface area (Å²) in [5, 5.41) is 6.95. The summed E-state index contributed by atoms with van der Waals surface area (Å²) in [6, 6.07) is 0.461. The first kappa shape index (κ1) is 27.1. The number of halogens is 1. The van der Waals surface area contributed by atoms with Gasteiger partial charge in [-0.2, -0.15) is 0 Å². The third-order valence-corrected chi connectivity index (χ3v) is 4.70. The quantitative estimate of drug-likeness (QED) is 0.177. The number of nitrogens with one attached hydrogen (secondary N) is 2. The van der Waals surface area contributed by atoms with E-state index < -0.39 is 0 Å². The number of hydrogen-bond acceptors (Lipinski definition) is 3. The van der Waals surface area contributed by atoms with E-state index in [0.29, 0.717) is 6.04 Å². The van der Waals surface area contributed by atoms with Crippen LogP contribution in [0.2, 0.25) is 0 Å². The van der Waals surface area contributed by atoms with Gasteiger partial charge in [0, 0.05) is 19.6 Å². The number of hydrogen-bond donors (Lipinski definition) is 2. The van der Waals surface area contributed by atoms with Crippen LogP contribution < -0.4 is 10.6 Å². The molecule has 1 unspecified atom stereocenters. The minimum atomic E-state index is 0. The SMILES string of the molecule is CCN(CC)CCCCNC(=NC)NC(C)CCCN(CC)CC.I. The van der Waals surface area contributed by atoms with Crippen molar-refractivity contribution in [3.05, 3.63) is 0 Å². The second kappa shape index (κ2) is 18.7. The Morgan fingerprint density at radius 1 is 0.880 bits per heavy atom. The normalized spacial score (nSPS) is 13.0. The molecule has 0 aromatic heterocycles. The van der Waals surface area contributed by atoms with Gasteiger partial charge in [0.15, 0.2) is 5.96 Å². The summed E-state index contributed by atoms with van der Waals surface area (Å²) < 4.78 is 0. The van der Waals surface area contributed by atoms with E-state index in [2.05, 4.69) is 60.0 Å². The van der Waals surface area contributed by atoms with Crippen LogP contribution in [0.15, 0.2) is 4.99 Å². The van der Waals surface area contributed by atoms with E-state index >= 15 is 0 Å². The Bertz CT molecular complexity index is 304. The molecular formula is C19H44IN5. The van der Waals surface area contributed by atoms with Gasteiger partial charge in [-0.1, -0.05) is 27.7 Å². The molecule has 0 aliphatic carbocycles. The van der Waals surface area contributed by atoms with Crippen LogP contribution in [0.25, 0.3) is 0 Å². The van der Waals surface area contributed by atoms with Gasteiger partial charge in [-0.3, -0.25) is 4.99 Å². The minimum Gasteiger partial charge on any atom is -0.356 e. The fraction of sp³-hybridized carbons (Fsp3) is 0.947. The summed E-state index contributed by atoms with van der Waals surface area (Å²) in [6.07, 6.45) is 4.84. The van der Waals surface area contributed by atoms with Crippen LogP contribution in [0.4, 0.5) is 0 Å². The van der Waals surface area contributed by atoms with Crippen molar-refractivity contribution in [1.29, 1.82) is 0 Å². The zero-order valence-corrected chi connectivity index (χ0v) is 19.9. The molecule has 6 heteroatoms. The summed E-state index contributed by atoms with van der Waals surface area (Å²) in [4.78, 5) is 9.30. The Morgan fingerprint density at radius 2 is 1.40 bits per heavy atom. The molecule has 0 aromatic carbocycles. The van der Waals surface area contributed by atoms with E-state index in [9.17, 15) is 0 Å². The van der Waals surface area contributed by atoms with Crippen molar-refractivity contribution in [1.82, 2.24) is 20.4 Å². The van der Waals surface area contributed by atoms with Crippen molar-refractivity contribution >= 4 is 29.9 Å². The van der Waals surface area contributed by atoms with Gasteiger partial charge < -0.3 is 20.4 Å². The number of nitrogens with zero attached hydrogens (tertiary/aromatic N) is 3. The summed E-state index contributed by atoms with van der Waals surface area (Å²) >= 11 is 0. The maximum atomic E-state index is 4.34. The van der Waals surface area contributed by atoms with E-state index in [-0.39, 0.29) is 24.0 Å². The smallest absolute Gasteiger partial charge is 0.191 e. The summed E-state index contributed by atoms with van der Waals surface area (Å²) in [5.74, 6) is 0.938. The Labute approximate surface area is 174 Å². The van der Waals surface area contributed by atoms with Crippen LogP contribution in [0, 0.1) is 0 Å². The number of rotatable bonds is 14. The van der Waals surface area contributed by atoms with Crippen molar-refractivity contribution in [3.8, 4) is 0 Å². The lowest BCUT2D eigenvalue weighted by Gasteiger charge is -2.21. The molecule has 0 spiro atoms. The third-order valence-electron chi connectivity index (χ3n) is 4.70. The highest BCUT2D eigenvalue weighted by molar-refractivity contribution is 14.0. The van der Waals surface area contributed by atoms with Gasteiger partial charge >= 0.3 is 0 Å². The van der Waals surface area contributed by atoms with E-state index in [1.807, 2.05) is 7.05 Å². The summed E-state index contributed by atoms with van der Waals surface area (Å²) in [5.41, 5.74) is 0. The maximum Gasteiger partial charge on any atom is 0.191 e. The lowest BCUT2D eigenvalue weighted by atomic mass is 10.2. The minimum absolute atomic E-state index is 0. The maximum absolute atomic E-state index is 4.34. The van der Waals surface area contributed by atoms with Crippen LogP contribution in [-0.4, -0.2) is 74.7 Å². The molecule has 0 saturated carbocycles. The molecule has 0 radical (unpaired) electrons. The number of guanidine groups is 1. The van der Waals surface area contributed by atoms with Gasteiger partial charge in [0.05, 0.1) is 0 Å². The third kappa shape index (κ3) is 14.7. The standard InChI is InChI=1S/C19H43N5.HI/c1-7-23(8-2)16-12-11-15-21-19(20-6)22-18(5)14-13-17-24(9-3)10-4;/h18H,7-17H2,1-6H3,(H2,20,21,22);1H. The zero-order valence-electron chi connectivity index (χ0n) is 17.6. The van der Waals surface area contributed by atoms with Crippen molar-refractivity contribution < 1.29 is 0 Å². The van der Waals surface area contributed by atoms with Gasteiger partial charge in [0.1, 0.15) is 0 Å². The molecule has 0 saturated heterocycles. The lowest BCUT2D eigenvalue weighted by Crippen LogP contribution is -2.42. The van der Waals surface area contributed by atoms with Crippen LogP contribution in [0.3, 0.4) is 0 Å². The highest BCUT2D eigenvalue weighted by atomic mass is 127. The molecule has 0 heterocycles. The van der Waals surface area contributed by atoms with Crippen LogP contribution >= 0.6 is 24.0 Å². The molecule has 5 nitrogen and oxygen atoms in total. The first-order chi connectivity index (χ1) is 11.6. The Hall–Kier alpha value is -0.0800. The molecular weight excluding hydrogens is 425 g/mol. The second-order valence-electron chi connectivity index (χ2n) is 6.45. The zero-order chi connectivity index (χ0) is 18.2. The van der Waals surface area contributed by atoms with Gasteiger partial charge in [0.2, 0.25) is 0 Å². The fourth-order valence-corrected chi connectivity index (χ4v) is 2.87. The molecule has 0 aliphatic rings. The van der Waals surface area contributed by atoms with E-state index in [4.69, 9.17) is 0 Å². The first-order valence-corrected chi connectivity index (χ1v) is 10.0. The highest BCUT2D eigenvalue weighted by Crippen LogP contribution is 2.00. The molecule has 0 aromatic rings. The second-order valence-corrected chi connectivity index (χ2v) is 6.45. The van der Waals surface area contributed by atoms with E-state index in [1.165, 1.54) is 38.8 Å². The monoisotopic (exact) mass is 469 g/mol. The van der Waals surface area contributed by atoms with Crippen molar-refractivity contribution in [2.24, 2.45) is 4.99 Å². The fourth-order valence-electron chi connectivity index (χ4n) is 2.87. The predicted molar refractivity (Wildman–Crippen MR) is 123 cm³/mol. The summed E-state index contributed by atoms with van der Waals surface area (Å²) in [6.45, 7) is 19.2. The number of aliphatic imine (C=N–C) groups is 1. The molecule has 0 bridgehead atoms. The average molecular weight is 470 g/mol. The van der Waals surface area contributed by atoms with Crippen molar-refractivity contribution in [3.63, 3.8) is 0 Å². The molecule has 2 N–H and O–H groups in total. The molecule has 0 fully saturated rings. The Balaban J connectivity index is 0. The van der Waals surface area contributed by atoms with Crippen LogP contribution in [0.1, 0.15) is 60.3 Å². The first-order valence-electron chi connectivity index (χ1n) is 10.0. The van der Waals surface area contributed by atoms with E-state index in [0.717, 1.165) is 38.7 Å². The van der Waals surface area contributed by atoms with Gasteiger partial charge in [-0.25, -0.2) is 0 Å². The van der Waals surface area contributed by atoms with Crippen molar-refractivity contribution in [2.45, 2.75) is 66.3 Å². The van der Waals surface area contributed by atoms with Gasteiger partial charge in [-0.05, 0) is 71.9 Å². The Morgan fingerprint density at radius 3 is 1.88 bits per heavy atom. The van der Waals surface area contributed by atoms with Crippen LogP contribution in [0.5, 0.6) is 0 Å². The van der Waals surface area contributed by atoms with Gasteiger partial charge in [0.25, 0.3) is 0 Å². The van der Waals surface area contributed by atoms with Crippen LogP contribution in [-0.2, 0) is 0 Å². The molecule has 25 heavy (non-hydrogen) atoms. The molecule has 152 valence electrons. The largest absolute Gasteiger partial charge is 0.356 e. The highest BCUT2D eigenvalue weighted by Gasteiger charge is 2.06. The van der Waals surface area contributed by atoms with Gasteiger partial charge in [-0.15, -0.1) is 24.0 Å².